The van der Waals surface area contributed by atoms with Crippen LogP contribution in [0.1, 0.15) is 11.3 Å². The molecule has 0 spiro atoms. The highest BCUT2D eigenvalue weighted by Crippen LogP contribution is 2.14. The molecule has 1 N–H and O–H groups in total. The molecule has 114 valence electrons. The molecule has 22 heavy (non-hydrogen) atoms. The van der Waals surface area contributed by atoms with Gasteiger partial charge in [-0.15, -0.1) is 23.1 Å². The van der Waals surface area contributed by atoms with Crippen LogP contribution in [0.5, 0.6) is 0 Å². The molecule has 0 saturated heterocycles. The minimum Gasteiger partial charge on any atom is -0.329 e. The number of quaternary nitrogens is 1. The lowest BCUT2D eigenvalue weighted by Gasteiger charge is -2.13. The van der Waals surface area contributed by atoms with Crippen molar-refractivity contribution in [1.29, 1.82) is 0 Å². The SMILES string of the molecule is CSc1ccc(C[NH+](C)Cc2cc(=O)n3ccsc3n2)cc1. The van der Waals surface area contributed by atoms with Crippen molar-refractivity contribution in [2.45, 2.75) is 18.0 Å². The summed E-state index contributed by atoms with van der Waals surface area (Å²) in [6.45, 7) is 1.66. The Labute approximate surface area is 137 Å². The predicted molar refractivity (Wildman–Crippen MR) is 91.9 cm³/mol. The van der Waals surface area contributed by atoms with Gasteiger partial charge < -0.3 is 4.90 Å². The summed E-state index contributed by atoms with van der Waals surface area (Å²) in [6, 6.07) is 10.3. The molecule has 0 amide bonds. The minimum atomic E-state index is -0.00151. The Morgan fingerprint density at radius 1 is 1.27 bits per heavy atom. The molecule has 0 aliphatic rings. The highest BCUT2D eigenvalue weighted by atomic mass is 32.2. The number of thiazole rings is 1. The first kappa shape index (κ1) is 15.3. The number of hydrogen-bond acceptors (Lipinski definition) is 4. The maximum absolute atomic E-state index is 12.0. The number of hydrogen-bond donors (Lipinski definition) is 1. The van der Waals surface area contributed by atoms with E-state index in [0.29, 0.717) is 0 Å². The number of fused-ring (bicyclic) bond motifs is 1. The maximum Gasteiger partial charge on any atom is 0.258 e. The second-order valence-corrected chi connectivity index (χ2v) is 7.05. The van der Waals surface area contributed by atoms with E-state index in [1.165, 1.54) is 26.7 Å². The van der Waals surface area contributed by atoms with Crippen LogP contribution in [-0.4, -0.2) is 22.7 Å². The third kappa shape index (κ3) is 3.40. The van der Waals surface area contributed by atoms with E-state index in [1.54, 1.807) is 28.4 Å². The number of nitrogens with one attached hydrogen (secondary N) is 1. The first-order valence-corrected chi connectivity index (χ1v) is 9.16. The molecule has 3 rings (SSSR count). The molecule has 2 aromatic heterocycles. The molecule has 1 unspecified atom stereocenters. The number of benzene rings is 1. The molecule has 6 heteroatoms. The van der Waals surface area contributed by atoms with Crippen molar-refractivity contribution in [3.63, 3.8) is 0 Å². The fourth-order valence-corrected chi connectivity index (χ4v) is 3.59. The second-order valence-electron chi connectivity index (χ2n) is 5.30. The molecule has 1 aromatic carbocycles. The molecule has 4 nitrogen and oxygen atoms in total. The average molecular weight is 332 g/mol. The summed E-state index contributed by atoms with van der Waals surface area (Å²) in [5.41, 5.74) is 2.15. The van der Waals surface area contributed by atoms with Crippen LogP contribution < -0.4 is 10.5 Å². The fourth-order valence-electron chi connectivity index (χ4n) is 2.44. The summed E-state index contributed by atoms with van der Waals surface area (Å²) in [4.78, 5) is 19.9. The van der Waals surface area contributed by atoms with Crippen molar-refractivity contribution in [3.05, 3.63) is 63.5 Å². The molecule has 0 radical (unpaired) electrons. The molecular formula is C16H18N3OS2+. The van der Waals surface area contributed by atoms with Crippen LogP contribution in [0.3, 0.4) is 0 Å². The molecule has 2 heterocycles. The van der Waals surface area contributed by atoms with E-state index in [4.69, 9.17) is 0 Å². The Balaban J connectivity index is 1.71. The third-order valence-corrected chi connectivity index (χ3v) is 5.00. The lowest BCUT2D eigenvalue weighted by Crippen LogP contribution is -3.06. The van der Waals surface area contributed by atoms with E-state index in [0.717, 1.165) is 23.7 Å². The molecular weight excluding hydrogens is 314 g/mol. The maximum atomic E-state index is 12.0. The lowest BCUT2D eigenvalue weighted by atomic mass is 10.2. The van der Waals surface area contributed by atoms with Gasteiger partial charge in [-0.05, 0) is 18.4 Å². The van der Waals surface area contributed by atoms with Crippen LogP contribution in [0.4, 0.5) is 0 Å². The van der Waals surface area contributed by atoms with Gasteiger partial charge in [-0.1, -0.05) is 12.1 Å². The summed E-state index contributed by atoms with van der Waals surface area (Å²) in [5, 5.41) is 1.89. The standard InChI is InChI=1S/C16H17N3OS2/c1-18(10-12-3-5-14(21-2)6-4-12)11-13-9-15(20)19-7-8-22-16(19)17-13/h3-9H,10-11H2,1-2H3/p+1. The van der Waals surface area contributed by atoms with E-state index in [-0.39, 0.29) is 5.56 Å². The molecule has 0 aliphatic heterocycles. The summed E-state index contributed by atoms with van der Waals surface area (Å²) >= 11 is 3.24. The van der Waals surface area contributed by atoms with Crippen molar-refractivity contribution in [3.8, 4) is 0 Å². The monoisotopic (exact) mass is 332 g/mol. The quantitative estimate of drug-likeness (QED) is 0.723. The van der Waals surface area contributed by atoms with Gasteiger partial charge in [-0.2, -0.15) is 0 Å². The van der Waals surface area contributed by atoms with E-state index in [1.807, 2.05) is 5.38 Å². The van der Waals surface area contributed by atoms with Gasteiger partial charge in [0.25, 0.3) is 5.56 Å². The van der Waals surface area contributed by atoms with Gasteiger partial charge >= 0.3 is 0 Å². The van der Waals surface area contributed by atoms with Crippen LogP contribution >= 0.6 is 23.1 Å². The van der Waals surface area contributed by atoms with E-state index in [2.05, 4.69) is 42.6 Å². The van der Waals surface area contributed by atoms with Gasteiger partial charge in [0.2, 0.25) is 0 Å². The lowest BCUT2D eigenvalue weighted by molar-refractivity contribution is -0.908. The Morgan fingerprint density at radius 2 is 2.05 bits per heavy atom. The first-order chi connectivity index (χ1) is 10.7. The van der Waals surface area contributed by atoms with Crippen molar-refractivity contribution in [2.24, 2.45) is 0 Å². The zero-order valence-electron chi connectivity index (χ0n) is 12.6. The molecule has 0 bridgehead atoms. The smallest absolute Gasteiger partial charge is 0.258 e. The normalized spacial score (nSPS) is 12.6. The number of thioether (sulfide) groups is 1. The summed E-state index contributed by atoms with van der Waals surface area (Å²) in [5.74, 6) is 0. The third-order valence-electron chi connectivity index (χ3n) is 3.50. The Hall–Kier alpha value is -1.63. The predicted octanol–water partition coefficient (Wildman–Crippen LogP) is 1.69. The van der Waals surface area contributed by atoms with Gasteiger partial charge in [0.15, 0.2) is 4.96 Å². The zero-order chi connectivity index (χ0) is 15.5. The largest absolute Gasteiger partial charge is 0.329 e. The number of nitrogens with zero attached hydrogens (tertiary/aromatic N) is 2. The van der Waals surface area contributed by atoms with Crippen LogP contribution in [0.2, 0.25) is 0 Å². The Kier molecular flexibility index (Phi) is 4.61. The van der Waals surface area contributed by atoms with E-state index >= 15 is 0 Å². The minimum absolute atomic E-state index is 0.00151. The molecule has 0 saturated carbocycles. The van der Waals surface area contributed by atoms with Gasteiger partial charge in [0.1, 0.15) is 18.8 Å². The average Bonchev–Trinajstić information content (AvgIpc) is 2.97. The van der Waals surface area contributed by atoms with Crippen molar-refractivity contribution in [1.82, 2.24) is 9.38 Å². The molecule has 3 aromatic rings. The fraction of sp³-hybridized carbons (Fsp3) is 0.250. The van der Waals surface area contributed by atoms with Gasteiger partial charge in [0.05, 0.1) is 7.05 Å². The van der Waals surface area contributed by atoms with E-state index in [9.17, 15) is 4.79 Å². The summed E-state index contributed by atoms with van der Waals surface area (Å²) < 4.78 is 1.59. The van der Waals surface area contributed by atoms with Crippen molar-refractivity contribution < 1.29 is 4.90 Å². The highest BCUT2D eigenvalue weighted by Gasteiger charge is 2.09. The van der Waals surface area contributed by atoms with Crippen molar-refractivity contribution in [2.75, 3.05) is 13.3 Å². The Bertz CT molecular complexity index is 823. The second kappa shape index (κ2) is 6.64. The zero-order valence-corrected chi connectivity index (χ0v) is 14.2. The van der Waals surface area contributed by atoms with E-state index < -0.39 is 0 Å². The Morgan fingerprint density at radius 3 is 2.77 bits per heavy atom. The summed E-state index contributed by atoms with van der Waals surface area (Å²) in [6.07, 6.45) is 3.85. The van der Waals surface area contributed by atoms with Gasteiger partial charge in [0, 0.05) is 28.1 Å². The number of aromatic nitrogens is 2. The highest BCUT2D eigenvalue weighted by molar-refractivity contribution is 7.98. The van der Waals surface area contributed by atoms with Gasteiger partial charge in [-0.25, -0.2) is 4.98 Å². The van der Waals surface area contributed by atoms with Crippen LogP contribution in [-0.2, 0) is 13.1 Å². The summed E-state index contributed by atoms with van der Waals surface area (Å²) in [7, 11) is 2.13. The molecule has 0 fully saturated rings. The van der Waals surface area contributed by atoms with Crippen molar-refractivity contribution >= 4 is 28.1 Å². The van der Waals surface area contributed by atoms with Crippen LogP contribution in [0, 0.1) is 0 Å². The van der Waals surface area contributed by atoms with Crippen LogP contribution in [0.15, 0.2) is 51.6 Å². The van der Waals surface area contributed by atoms with Crippen LogP contribution in [0.25, 0.3) is 4.96 Å². The first-order valence-electron chi connectivity index (χ1n) is 7.06. The van der Waals surface area contributed by atoms with Gasteiger partial charge in [-0.3, -0.25) is 9.20 Å². The molecule has 1 atom stereocenters. The number of rotatable bonds is 5. The topological polar surface area (TPSA) is 38.8 Å². The molecule has 0 aliphatic carbocycles.